The molecule has 0 unspecified atom stereocenters. The number of anilines is 2. The first-order valence-corrected chi connectivity index (χ1v) is 7.27. The molecule has 1 aromatic heterocycles. The van der Waals surface area contributed by atoms with Gasteiger partial charge in [0.25, 0.3) is 0 Å². The van der Waals surface area contributed by atoms with E-state index in [1.807, 2.05) is 32.0 Å². The predicted octanol–water partition coefficient (Wildman–Crippen LogP) is 4.04. The van der Waals surface area contributed by atoms with Crippen LogP contribution in [-0.2, 0) is 6.54 Å². The van der Waals surface area contributed by atoms with E-state index in [4.69, 9.17) is 10.5 Å². The van der Waals surface area contributed by atoms with Gasteiger partial charge in [-0.25, -0.2) is 0 Å². The van der Waals surface area contributed by atoms with Gasteiger partial charge in [-0.3, -0.25) is 0 Å². The Morgan fingerprint density at radius 3 is 2.74 bits per heavy atom. The molecule has 4 heteroatoms. The lowest BCUT2D eigenvalue weighted by molar-refractivity contribution is 0.244. The van der Waals surface area contributed by atoms with E-state index in [0.717, 1.165) is 18.0 Å². The minimum atomic E-state index is 0.122. The van der Waals surface area contributed by atoms with Crippen LogP contribution in [0.1, 0.15) is 24.3 Å². The zero-order valence-corrected chi connectivity index (χ0v) is 12.4. The number of aryl methyl sites for hydroxylation is 1. The number of ether oxygens (including phenoxy) is 1. The molecule has 0 spiro atoms. The molecule has 0 radical (unpaired) electrons. The number of benzene rings is 1. The highest BCUT2D eigenvalue weighted by atomic mass is 32.1. The molecule has 2 rings (SSSR count). The van der Waals surface area contributed by atoms with Crippen LogP contribution in [0.5, 0.6) is 5.75 Å². The van der Waals surface area contributed by atoms with Crippen LogP contribution < -0.4 is 15.8 Å². The lowest BCUT2D eigenvalue weighted by atomic mass is 10.2. The van der Waals surface area contributed by atoms with E-state index in [9.17, 15) is 0 Å². The Hall–Kier alpha value is -1.68. The molecular weight excluding hydrogens is 256 g/mol. The quantitative estimate of drug-likeness (QED) is 0.810. The average Bonchev–Trinajstić information content (AvgIpc) is 2.75. The molecule has 1 aromatic carbocycles. The van der Waals surface area contributed by atoms with E-state index >= 15 is 0 Å². The molecule has 0 atom stereocenters. The second-order valence-corrected chi connectivity index (χ2v) is 5.80. The molecule has 0 fully saturated rings. The smallest absolute Gasteiger partial charge is 0.144 e. The first kappa shape index (κ1) is 13.7. The van der Waals surface area contributed by atoms with Crippen LogP contribution in [0.25, 0.3) is 0 Å². The van der Waals surface area contributed by atoms with Crippen molar-refractivity contribution in [1.29, 1.82) is 0 Å². The molecule has 19 heavy (non-hydrogen) atoms. The van der Waals surface area contributed by atoms with Crippen molar-refractivity contribution in [3.05, 3.63) is 40.1 Å². The van der Waals surface area contributed by atoms with Crippen LogP contribution in [0, 0.1) is 6.92 Å². The summed E-state index contributed by atoms with van der Waals surface area (Å²) in [7, 11) is 0. The second kappa shape index (κ2) is 5.97. The number of nitrogen functional groups attached to an aromatic ring is 1. The van der Waals surface area contributed by atoms with Gasteiger partial charge in [-0.1, -0.05) is 0 Å². The maximum absolute atomic E-state index is 5.90. The molecule has 0 saturated carbocycles. The molecule has 0 aliphatic carbocycles. The monoisotopic (exact) mass is 276 g/mol. The van der Waals surface area contributed by atoms with Crippen molar-refractivity contribution in [2.24, 2.45) is 0 Å². The summed E-state index contributed by atoms with van der Waals surface area (Å²) in [6, 6.07) is 7.95. The number of hydrogen-bond acceptors (Lipinski definition) is 4. The predicted molar refractivity (Wildman–Crippen MR) is 83.0 cm³/mol. The Kier molecular flexibility index (Phi) is 4.32. The van der Waals surface area contributed by atoms with Crippen LogP contribution in [0.2, 0.25) is 0 Å². The number of rotatable bonds is 5. The summed E-state index contributed by atoms with van der Waals surface area (Å²) in [4.78, 5) is 1.35. The zero-order valence-electron chi connectivity index (χ0n) is 11.6. The van der Waals surface area contributed by atoms with Gasteiger partial charge in [0.05, 0.1) is 11.8 Å². The van der Waals surface area contributed by atoms with Gasteiger partial charge in [-0.2, -0.15) is 0 Å². The number of hydrogen-bond donors (Lipinski definition) is 2. The van der Waals surface area contributed by atoms with Crippen molar-refractivity contribution in [3.8, 4) is 5.75 Å². The third kappa shape index (κ3) is 3.64. The van der Waals surface area contributed by atoms with Crippen molar-refractivity contribution in [2.45, 2.75) is 33.4 Å². The van der Waals surface area contributed by atoms with Crippen molar-refractivity contribution in [1.82, 2.24) is 0 Å². The lowest BCUT2D eigenvalue weighted by Gasteiger charge is -2.14. The van der Waals surface area contributed by atoms with Crippen LogP contribution in [0.3, 0.4) is 0 Å². The molecule has 0 bridgehead atoms. The van der Waals surface area contributed by atoms with Crippen molar-refractivity contribution in [3.63, 3.8) is 0 Å². The first-order valence-electron chi connectivity index (χ1n) is 6.39. The minimum absolute atomic E-state index is 0.122. The van der Waals surface area contributed by atoms with Gasteiger partial charge in [0.2, 0.25) is 0 Å². The number of thiophene rings is 1. The second-order valence-electron chi connectivity index (χ2n) is 4.80. The molecule has 2 aromatic rings. The molecular formula is C15H20N2OS. The van der Waals surface area contributed by atoms with Gasteiger partial charge in [0.15, 0.2) is 0 Å². The van der Waals surface area contributed by atoms with Gasteiger partial charge >= 0.3 is 0 Å². The summed E-state index contributed by atoms with van der Waals surface area (Å²) in [6.45, 7) is 6.95. The molecule has 0 amide bonds. The maximum Gasteiger partial charge on any atom is 0.144 e. The topological polar surface area (TPSA) is 47.3 Å². The largest absolute Gasteiger partial charge is 0.489 e. The average molecular weight is 276 g/mol. The normalized spacial score (nSPS) is 10.7. The van der Waals surface area contributed by atoms with Crippen LogP contribution in [0.4, 0.5) is 11.4 Å². The molecule has 0 aliphatic rings. The molecule has 0 aliphatic heterocycles. The summed E-state index contributed by atoms with van der Waals surface area (Å²) in [5, 5.41) is 5.52. The van der Waals surface area contributed by atoms with Crippen LogP contribution >= 0.6 is 11.3 Å². The van der Waals surface area contributed by atoms with Gasteiger partial charge in [-0.05, 0) is 49.9 Å². The lowest BCUT2D eigenvalue weighted by Crippen LogP contribution is -2.08. The first-order chi connectivity index (χ1) is 9.06. The van der Waals surface area contributed by atoms with Crippen LogP contribution in [-0.4, -0.2) is 6.10 Å². The third-order valence-electron chi connectivity index (χ3n) is 2.80. The van der Waals surface area contributed by atoms with Crippen molar-refractivity contribution >= 4 is 22.7 Å². The number of nitrogens with two attached hydrogens (primary N) is 1. The fraction of sp³-hybridized carbons (Fsp3) is 0.333. The maximum atomic E-state index is 5.90. The Balaban J connectivity index is 2.06. The highest BCUT2D eigenvalue weighted by molar-refractivity contribution is 7.10. The van der Waals surface area contributed by atoms with Gasteiger partial charge in [0.1, 0.15) is 5.75 Å². The van der Waals surface area contributed by atoms with Crippen molar-refractivity contribution in [2.75, 3.05) is 11.1 Å². The standard InChI is InChI=1S/C15H20N2OS/c1-10(2)18-14-8-12(4-5-13(14)16)17-9-15-11(3)6-7-19-15/h4-8,10,17H,9,16H2,1-3H3. The Bertz CT molecular complexity index is 549. The van der Waals surface area contributed by atoms with Crippen LogP contribution in [0.15, 0.2) is 29.6 Å². The summed E-state index contributed by atoms with van der Waals surface area (Å²) in [5.74, 6) is 0.739. The third-order valence-corrected chi connectivity index (χ3v) is 3.82. The minimum Gasteiger partial charge on any atom is -0.489 e. The molecule has 102 valence electrons. The van der Waals surface area contributed by atoms with Gasteiger partial charge in [-0.15, -0.1) is 11.3 Å². The highest BCUT2D eigenvalue weighted by Gasteiger charge is 2.05. The Labute approximate surface area is 118 Å². The summed E-state index contributed by atoms with van der Waals surface area (Å²) < 4.78 is 5.68. The Morgan fingerprint density at radius 1 is 1.32 bits per heavy atom. The molecule has 1 heterocycles. The van der Waals surface area contributed by atoms with E-state index in [1.54, 1.807) is 11.3 Å². The summed E-state index contributed by atoms with van der Waals surface area (Å²) in [5.41, 5.74) is 8.93. The van der Waals surface area contributed by atoms with Crippen molar-refractivity contribution < 1.29 is 4.74 Å². The van der Waals surface area contributed by atoms with E-state index < -0.39 is 0 Å². The summed E-state index contributed by atoms with van der Waals surface area (Å²) >= 11 is 1.77. The zero-order chi connectivity index (χ0) is 13.8. The molecule has 3 N–H and O–H groups in total. The summed E-state index contributed by atoms with van der Waals surface area (Å²) in [6.07, 6.45) is 0.122. The fourth-order valence-electron chi connectivity index (χ4n) is 1.77. The molecule has 3 nitrogen and oxygen atoms in total. The van der Waals surface area contributed by atoms with Gasteiger partial charge in [0, 0.05) is 23.2 Å². The highest BCUT2D eigenvalue weighted by Crippen LogP contribution is 2.27. The van der Waals surface area contributed by atoms with E-state index in [-0.39, 0.29) is 6.10 Å². The molecule has 0 saturated heterocycles. The fourth-order valence-corrected chi connectivity index (χ4v) is 2.61. The Morgan fingerprint density at radius 2 is 2.11 bits per heavy atom. The number of nitrogens with one attached hydrogen (secondary N) is 1. The van der Waals surface area contributed by atoms with E-state index in [1.165, 1.54) is 10.4 Å². The van der Waals surface area contributed by atoms with E-state index in [0.29, 0.717) is 5.69 Å². The van der Waals surface area contributed by atoms with E-state index in [2.05, 4.69) is 23.7 Å². The van der Waals surface area contributed by atoms with Gasteiger partial charge < -0.3 is 15.8 Å². The SMILES string of the molecule is Cc1ccsc1CNc1ccc(N)c(OC(C)C)c1.